The molecule has 7 heteroatoms. The smallest absolute Gasteiger partial charge is 0.259 e. The fraction of sp³-hybridized carbons (Fsp3) is 0.174. The van der Waals surface area contributed by atoms with Crippen molar-refractivity contribution in [2.24, 2.45) is 0 Å². The Hall–Kier alpha value is -3.87. The summed E-state index contributed by atoms with van der Waals surface area (Å²) >= 11 is 0. The van der Waals surface area contributed by atoms with Gasteiger partial charge < -0.3 is 14.6 Å². The van der Waals surface area contributed by atoms with E-state index in [2.05, 4.69) is 15.6 Å². The van der Waals surface area contributed by atoms with Gasteiger partial charge in [-0.1, -0.05) is 17.3 Å². The van der Waals surface area contributed by atoms with Crippen molar-refractivity contribution in [3.63, 3.8) is 0 Å². The average molecular weight is 402 g/mol. The highest BCUT2D eigenvalue weighted by atomic mass is 16.5. The molecule has 0 unspecified atom stereocenters. The molecule has 0 saturated carbocycles. The van der Waals surface area contributed by atoms with E-state index in [9.17, 15) is 4.79 Å². The van der Waals surface area contributed by atoms with E-state index in [1.165, 1.54) is 0 Å². The number of hydrogen-bond donors (Lipinski definition) is 1. The number of amides is 1. The predicted molar refractivity (Wildman–Crippen MR) is 113 cm³/mol. The Kier molecular flexibility index (Phi) is 5.34. The van der Waals surface area contributed by atoms with Crippen molar-refractivity contribution in [3.8, 4) is 11.4 Å². The Balaban J connectivity index is 1.47. The van der Waals surface area contributed by atoms with Gasteiger partial charge in [0.25, 0.3) is 5.91 Å². The first-order valence-corrected chi connectivity index (χ1v) is 9.59. The van der Waals surface area contributed by atoms with Gasteiger partial charge in [0, 0.05) is 11.9 Å². The first-order valence-electron chi connectivity index (χ1n) is 9.59. The molecule has 0 saturated heterocycles. The third kappa shape index (κ3) is 4.10. The molecule has 2 aromatic heterocycles. The first kappa shape index (κ1) is 19.4. The molecule has 30 heavy (non-hydrogen) atoms. The van der Waals surface area contributed by atoms with Crippen LogP contribution in [0.5, 0.6) is 5.75 Å². The van der Waals surface area contributed by atoms with Crippen LogP contribution in [0.4, 0.5) is 5.69 Å². The Morgan fingerprint density at radius 1 is 1.07 bits per heavy atom. The molecule has 4 rings (SSSR count). The van der Waals surface area contributed by atoms with Crippen LogP contribution in [-0.2, 0) is 6.61 Å². The zero-order chi connectivity index (χ0) is 21.1. The van der Waals surface area contributed by atoms with Crippen LogP contribution in [0.25, 0.3) is 5.69 Å². The number of anilines is 1. The SMILES string of the molecule is Cc1ccn(-c2ccc(NC(=O)c3ccccc3OCc3c(C)noc3C)cc2)n1. The van der Waals surface area contributed by atoms with Gasteiger partial charge in [-0.3, -0.25) is 4.79 Å². The molecule has 7 nitrogen and oxygen atoms in total. The van der Waals surface area contributed by atoms with Crippen LogP contribution in [-0.4, -0.2) is 20.8 Å². The Labute approximate surface area is 174 Å². The van der Waals surface area contributed by atoms with Gasteiger partial charge in [-0.15, -0.1) is 0 Å². The fourth-order valence-electron chi connectivity index (χ4n) is 3.09. The lowest BCUT2D eigenvalue weighted by Gasteiger charge is -2.12. The van der Waals surface area contributed by atoms with E-state index < -0.39 is 0 Å². The number of carbonyl (C=O) groups excluding carboxylic acids is 1. The standard InChI is InChI=1S/C23H22N4O3/c1-15-12-13-27(25-15)19-10-8-18(9-11-19)24-23(28)20-6-4-5-7-22(20)29-14-21-16(2)26-30-17(21)3/h4-13H,14H2,1-3H3,(H,24,28). The van der Waals surface area contributed by atoms with Crippen LogP contribution in [0.15, 0.2) is 65.3 Å². The van der Waals surface area contributed by atoms with Crippen molar-refractivity contribution in [1.29, 1.82) is 0 Å². The van der Waals surface area contributed by atoms with Crippen LogP contribution in [0.1, 0.15) is 33.1 Å². The molecule has 152 valence electrons. The van der Waals surface area contributed by atoms with Crippen molar-refractivity contribution in [2.75, 3.05) is 5.32 Å². The minimum absolute atomic E-state index is 0.243. The number of para-hydroxylation sites is 1. The molecule has 1 amide bonds. The zero-order valence-corrected chi connectivity index (χ0v) is 17.0. The Bertz CT molecular complexity index is 1160. The lowest BCUT2D eigenvalue weighted by molar-refractivity contribution is 0.102. The number of carbonyl (C=O) groups is 1. The maximum atomic E-state index is 12.8. The summed E-state index contributed by atoms with van der Waals surface area (Å²) in [6.07, 6.45) is 1.90. The number of benzene rings is 2. The highest BCUT2D eigenvalue weighted by Crippen LogP contribution is 2.23. The number of aryl methyl sites for hydroxylation is 3. The second-order valence-corrected chi connectivity index (χ2v) is 6.99. The quantitative estimate of drug-likeness (QED) is 0.509. The van der Waals surface area contributed by atoms with Crippen molar-refractivity contribution in [2.45, 2.75) is 27.4 Å². The van der Waals surface area contributed by atoms with Gasteiger partial charge >= 0.3 is 0 Å². The largest absolute Gasteiger partial charge is 0.488 e. The van der Waals surface area contributed by atoms with Crippen LogP contribution in [0.3, 0.4) is 0 Å². The van der Waals surface area contributed by atoms with E-state index in [0.717, 1.165) is 22.6 Å². The van der Waals surface area contributed by atoms with Crippen LogP contribution < -0.4 is 10.1 Å². The highest BCUT2D eigenvalue weighted by Gasteiger charge is 2.15. The molecule has 0 aliphatic heterocycles. The van der Waals surface area contributed by atoms with Gasteiger partial charge in [-0.2, -0.15) is 5.10 Å². The summed E-state index contributed by atoms with van der Waals surface area (Å²) in [7, 11) is 0. The normalized spacial score (nSPS) is 10.8. The van der Waals surface area contributed by atoms with E-state index in [0.29, 0.717) is 22.8 Å². The second-order valence-electron chi connectivity index (χ2n) is 6.99. The molecule has 0 spiro atoms. The number of aromatic nitrogens is 3. The molecular weight excluding hydrogens is 380 g/mol. The monoisotopic (exact) mass is 402 g/mol. The molecule has 0 aliphatic rings. The highest BCUT2D eigenvalue weighted by molar-refractivity contribution is 6.06. The van der Waals surface area contributed by atoms with Crippen molar-refractivity contribution in [1.82, 2.24) is 14.9 Å². The molecule has 4 aromatic rings. The van der Waals surface area contributed by atoms with E-state index in [4.69, 9.17) is 9.26 Å². The number of nitrogens with one attached hydrogen (secondary N) is 1. The molecule has 0 bridgehead atoms. The van der Waals surface area contributed by atoms with E-state index in [1.807, 2.05) is 63.4 Å². The fourth-order valence-corrected chi connectivity index (χ4v) is 3.09. The Morgan fingerprint density at radius 3 is 2.50 bits per heavy atom. The topological polar surface area (TPSA) is 82.2 Å². The maximum Gasteiger partial charge on any atom is 0.259 e. The van der Waals surface area contributed by atoms with Crippen molar-refractivity contribution >= 4 is 11.6 Å². The molecule has 0 radical (unpaired) electrons. The predicted octanol–water partition coefficient (Wildman–Crippen LogP) is 4.62. The van der Waals surface area contributed by atoms with Crippen molar-refractivity contribution in [3.05, 3.63) is 89.1 Å². The number of hydrogen-bond acceptors (Lipinski definition) is 5. The summed E-state index contributed by atoms with van der Waals surface area (Å²) in [6, 6.07) is 16.6. The molecule has 1 N–H and O–H groups in total. The van der Waals surface area contributed by atoms with E-state index >= 15 is 0 Å². The molecule has 0 atom stereocenters. The molecule has 0 fully saturated rings. The first-order chi connectivity index (χ1) is 14.5. The second kappa shape index (κ2) is 8.24. The van der Waals surface area contributed by atoms with E-state index in [1.54, 1.807) is 22.9 Å². The Morgan fingerprint density at radius 2 is 1.83 bits per heavy atom. The molecule has 2 heterocycles. The number of nitrogens with zero attached hydrogens (tertiary/aromatic N) is 3. The molecule has 2 aromatic carbocycles. The van der Waals surface area contributed by atoms with Gasteiger partial charge in [0.1, 0.15) is 18.1 Å². The average Bonchev–Trinajstić information content (AvgIpc) is 3.32. The molecular formula is C23H22N4O3. The number of ether oxygens (including phenoxy) is 1. The van der Waals surface area contributed by atoms with Gasteiger partial charge in [-0.05, 0) is 63.2 Å². The lowest BCUT2D eigenvalue weighted by Crippen LogP contribution is -2.14. The summed E-state index contributed by atoms with van der Waals surface area (Å²) in [6.45, 7) is 5.92. The van der Waals surface area contributed by atoms with E-state index in [-0.39, 0.29) is 12.5 Å². The third-order valence-corrected chi connectivity index (χ3v) is 4.80. The van der Waals surface area contributed by atoms with Gasteiger partial charge in [0.15, 0.2) is 0 Å². The molecule has 0 aliphatic carbocycles. The summed E-state index contributed by atoms with van der Waals surface area (Å²) in [5.74, 6) is 0.965. The minimum atomic E-state index is -0.243. The summed E-state index contributed by atoms with van der Waals surface area (Å²) in [5.41, 5.74) is 4.67. The van der Waals surface area contributed by atoms with Crippen LogP contribution >= 0.6 is 0 Å². The zero-order valence-electron chi connectivity index (χ0n) is 17.0. The van der Waals surface area contributed by atoms with Gasteiger partial charge in [0.2, 0.25) is 0 Å². The van der Waals surface area contributed by atoms with Crippen molar-refractivity contribution < 1.29 is 14.1 Å². The van der Waals surface area contributed by atoms with Gasteiger partial charge in [-0.25, -0.2) is 4.68 Å². The minimum Gasteiger partial charge on any atom is -0.488 e. The summed E-state index contributed by atoms with van der Waals surface area (Å²) in [4.78, 5) is 12.8. The summed E-state index contributed by atoms with van der Waals surface area (Å²) in [5, 5.41) is 11.2. The summed E-state index contributed by atoms with van der Waals surface area (Å²) < 4.78 is 12.9. The lowest BCUT2D eigenvalue weighted by atomic mass is 10.1. The number of rotatable bonds is 6. The van der Waals surface area contributed by atoms with Crippen LogP contribution in [0.2, 0.25) is 0 Å². The van der Waals surface area contributed by atoms with Gasteiger partial charge in [0.05, 0.1) is 28.2 Å². The third-order valence-electron chi connectivity index (χ3n) is 4.80. The van der Waals surface area contributed by atoms with Crippen LogP contribution in [0, 0.1) is 20.8 Å². The maximum absolute atomic E-state index is 12.8.